The molecule has 0 N–H and O–H groups in total. The maximum Gasteiger partial charge on any atom is 0.164 e. The molecule has 4 nitrogen and oxygen atoms in total. The molecule has 0 saturated heterocycles. The quantitative estimate of drug-likeness (QED) is 0.160. The number of nitrogens with zero attached hydrogens (tertiary/aromatic N) is 4. The van der Waals surface area contributed by atoms with E-state index in [9.17, 15) is 0 Å². The van der Waals surface area contributed by atoms with E-state index in [4.69, 9.17) is 15.0 Å². The molecule has 0 saturated carbocycles. The highest BCUT2D eigenvalue weighted by Crippen LogP contribution is 2.42. The first-order valence-electron chi connectivity index (χ1n) is 19.3. The first kappa shape index (κ1) is 32.7. The summed E-state index contributed by atoms with van der Waals surface area (Å²) in [5.41, 5.74) is 10.6. The highest BCUT2D eigenvalue weighted by molar-refractivity contribution is 6.16. The van der Waals surface area contributed by atoms with Crippen LogP contribution < -0.4 is 0 Å². The highest BCUT2D eigenvalue weighted by Gasteiger charge is 2.22. The van der Waals surface area contributed by atoms with Crippen molar-refractivity contribution in [2.75, 3.05) is 0 Å². The molecule has 0 aliphatic rings. The molecule has 2 aromatic heterocycles. The normalized spacial score (nSPS) is 11.5. The van der Waals surface area contributed by atoms with Gasteiger partial charge in [0.2, 0.25) is 0 Å². The van der Waals surface area contributed by atoms with Gasteiger partial charge in [-0.2, -0.15) is 0 Å². The Morgan fingerprint density at radius 2 is 0.772 bits per heavy atom. The van der Waals surface area contributed by atoms with Gasteiger partial charge < -0.3 is 4.57 Å². The SMILES string of the molecule is c1ccc(-c2ccc(-c3nc(-c4ccccc4)nc(-c4cc5c(cc4-c4ccccc4)c4ccccc4n5-c4cc5ccccc5c5ccccc45)n3)cc2)cc1. The minimum Gasteiger partial charge on any atom is -0.309 e. The summed E-state index contributed by atoms with van der Waals surface area (Å²) >= 11 is 0. The molecular formula is C53H34N4. The fraction of sp³-hybridized carbons (Fsp3) is 0. The summed E-state index contributed by atoms with van der Waals surface area (Å²) in [6.45, 7) is 0. The third-order valence-electron chi connectivity index (χ3n) is 11.0. The minimum absolute atomic E-state index is 0.618. The Kier molecular flexibility index (Phi) is 7.78. The summed E-state index contributed by atoms with van der Waals surface area (Å²) in [6.07, 6.45) is 0. The van der Waals surface area contributed by atoms with Crippen molar-refractivity contribution in [3.8, 4) is 62.1 Å². The van der Waals surface area contributed by atoms with E-state index >= 15 is 0 Å². The molecule has 2 heterocycles. The molecule has 0 spiro atoms. The van der Waals surface area contributed by atoms with Crippen LogP contribution in [0.15, 0.2) is 206 Å². The summed E-state index contributed by atoms with van der Waals surface area (Å²) in [5, 5.41) is 7.22. The van der Waals surface area contributed by atoms with Crippen LogP contribution in [0.2, 0.25) is 0 Å². The fourth-order valence-corrected chi connectivity index (χ4v) is 8.32. The largest absolute Gasteiger partial charge is 0.309 e. The summed E-state index contributed by atoms with van der Waals surface area (Å²) in [6, 6.07) is 72.8. The van der Waals surface area contributed by atoms with E-state index in [-0.39, 0.29) is 0 Å². The van der Waals surface area contributed by atoms with E-state index in [0.717, 1.165) is 50.1 Å². The first-order chi connectivity index (χ1) is 28.3. The number of hydrogen-bond donors (Lipinski definition) is 0. The molecule has 0 aliphatic heterocycles. The molecular weight excluding hydrogens is 693 g/mol. The topological polar surface area (TPSA) is 43.6 Å². The number of fused-ring (bicyclic) bond motifs is 6. The smallest absolute Gasteiger partial charge is 0.164 e. The van der Waals surface area contributed by atoms with Crippen molar-refractivity contribution in [2.45, 2.75) is 0 Å². The second-order valence-corrected chi connectivity index (χ2v) is 14.4. The number of benzene rings is 9. The lowest BCUT2D eigenvalue weighted by molar-refractivity contribution is 1.07. The van der Waals surface area contributed by atoms with Crippen molar-refractivity contribution < 1.29 is 0 Å². The van der Waals surface area contributed by atoms with Gasteiger partial charge in [0.05, 0.1) is 16.7 Å². The van der Waals surface area contributed by atoms with Crippen LogP contribution in [0.1, 0.15) is 0 Å². The Labute approximate surface area is 330 Å². The monoisotopic (exact) mass is 726 g/mol. The fourth-order valence-electron chi connectivity index (χ4n) is 8.32. The van der Waals surface area contributed by atoms with Crippen molar-refractivity contribution in [2.24, 2.45) is 0 Å². The van der Waals surface area contributed by atoms with E-state index < -0.39 is 0 Å². The Morgan fingerprint density at radius 3 is 1.47 bits per heavy atom. The molecule has 57 heavy (non-hydrogen) atoms. The van der Waals surface area contributed by atoms with Crippen molar-refractivity contribution in [1.29, 1.82) is 0 Å². The van der Waals surface area contributed by atoms with Crippen LogP contribution >= 0.6 is 0 Å². The van der Waals surface area contributed by atoms with Gasteiger partial charge in [-0.25, -0.2) is 15.0 Å². The lowest BCUT2D eigenvalue weighted by atomic mass is 9.96. The number of aromatic nitrogens is 4. The van der Waals surface area contributed by atoms with Gasteiger partial charge in [-0.15, -0.1) is 0 Å². The molecule has 0 unspecified atom stereocenters. The summed E-state index contributed by atoms with van der Waals surface area (Å²) in [4.78, 5) is 15.7. The van der Waals surface area contributed by atoms with Crippen LogP contribution in [0.5, 0.6) is 0 Å². The van der Waals surface area contributed by atoms with Crippen molar-refractivity contribution in [1.82, 2.24) is 19.5 Å². The molecule has 0 radical (unpaired) electrons. The van der Waals surface area contributed by atoms with Crippen molar-refractivity contribution in [3.63, 3.8) is 0 Å². The molecule has 266 valence electrons. The second-order valence-electron chi connectivity index (χ2n) is 14.4. The minimum atomic E-state index is 0.618. The first-order valence-corrected chi connectivity index (χ1v) is 19.3. The van der Waals surface area contributed by atoms with Crippen LogP contribution in [0.4, 0.5) is 0 Å². The Balaban J connectivity index is 1.21. The van der Waals surface area contributed by atoms with Crippen LogP contribution in [0.3, 0.4) is 0 Å². The van der Waals surface area contributed by atoms with Crippen LogP contribution in [-0.2, 0) is 0 Å². The molecule has 11 aromatic rings. The lowest BCUT2D eigenvalue weighted by Gasteiger charge is -2.16. The summed E-state index contributed by atoms with van der Waals surface area (Å²) in [7, 11) is 0. The summed E-state index contributed by atoms with van der Waals surface area (Å²) in [5.74, 6) is 1.87. The highest BCUT2D eigenvalue weighted by atomic mass is 15.0. The number of hydrogen-bond acceptors (Lipinski definition) is 3. The average molecular weight is 727 g/mol. The van der Waals surface area contributed by atoms with Crippen molar-refractivity contribution in [3.05, 3.63) is 206 Å². The predicted molar refractivity (Wildman–Crippen MR) is 236 cm³/mol. The molecule has 11 rings (SSSR count). The Hall–Kier alpha value is -7.69. The maximum absolute atomic E-state index is 5.31. The molecule has 0 aliphatic carbocycles. The molecule has 9 aromatic carbocycles. The van der Waals surface area contributed by atoms with Gasteiger partial charge in [0.25, 0.3) is 0 Å². The van der Waals surface area contributed by atoms with Crippen LogP contribution in [0.25, 0.3) is 105 Å². The molecule has 0 amide bonds. The van der Waals surface area contributed by atoms with Gasteiger partial charge in [0, 0.05) is 32.8 Å². The average Bonchev–Trinajstić information content (AvgIpc) is 3.62. The van der Waals surface area contributed by atoms with Gasteiger partial charge in [-0.1, -0.05) is 182 Å². The van der Waals surface area contributed by atoms with E-state index in [0.29, 0.717) is 17.5 Å². The van der Waals surface area contributed by atoms with Crippen molar-refractivity contribution >= 4 is 43.4 Å². The molecule has 4 heteroatoms. The third-order valence-corrected chi connectivity index (χ3v) is 11.0. The second kappa shape index (κ2) is 13.6. The predicted octanol–water partition coefficient (Wildman–Crippen LogP) is 13.6. The number of para-hydroxylation sites is 1. The zero-order chi connectivity index (χ0) is 37.7. The van der Waals surface area contributed by atoms with Crippen LogP contribution in [-0.4, -0.2) is 19.5 Å². The maximum atomic E-state index is 5.31. The molecule has 0 atom stereocenters. The zero-order valence-corrected chi connectivity index (χ0v) is 30.9. The van der Waals surface area contributed by atoms with E-state index in [1.165, 1.54) is 37.9 Å². The molecule has 0 fully saturated rings. The summed E-state index contributed by atoms with van der Waals surface area (Å²) < 4.78 is 2.43. The van der Waals surface area contributed by atoms with Crippen LogP contribution in [0, 0.1) is 0 Å². The van der Waals surface area contributed by atoms with Gasteiger partial charge in [-0.05, 0) is 62.7 Å². The molecule has 0 bridgehead atoms. The van der Waals surface area contributed by atoms with E-state index in [1.807, 2.05) is 24.3 Å². The zero-order valence-electron chi connectivity index (χ0n) is 30.9. The lowest BCUT2D eigenvalue weighted by Crippen LogP contribution is -2.02. The Bertz CT molecular complexity index is 3260. The number of rotatable bonds is 6. The Morgan fingerprint density at radius 1 is 0.281 bits per heavy atom. The van der Waals surface area contributed by atoms with Gasteiger partial charge >= 0.3 is 0 Å². The van der Waals surface area contributed by atoms with E-state index in [2.05, 4.69) is 187 Å². The van der Waals surface area contributed by atoms with Gasteiger partial charge in [0.15, 0.2) is 17.5 Å². The van der Waals surface area contributed by atoms with E-state index in [1.54, 1.807) is 0 Å². The third kappa shape index (κ3) is 5.66. The van der Waals surface area contributed by atoms with Gasteiger partial charge in [0.1, 0.15) is 0 Å². The van der Waals surface area contributed by atoms with Gasteiger partial charge in [-0.3, -0.25) is 0 Å². The standard InChI is InChI=1S/C53H34N4/c1-4-16-35(17-5-1)36-28-30-39(31-29-36)52-54-51(38-20-8-3-9-21-38)55-53(56-52)47-34-50-46(33-45(47)37-18-6-2-7-19-37)44-26-14-15-27-48(44)57(50)49-32-40-22-10-11-23-41(40)42-24-12-13-25-43(42)49/h1-34H.